The molecule has 2 atom stereocenters. The number of aliphatic imine (C=N–C) groups is 1. The number of thioether (sulfide) groups is 1. The number of amidine groups is 1. The lowest BCUT2D eigenvalue weighted by atomic mass is 9.98. The molecule has 2 unspecified atom stereocenters. The standard InChI is InChI=1S/C18H24ClN3O2S/c19-14-2-3-16-15(12-14)20-18(25-16)22-7-1-6-21(8-9-22)17(23)13-4-10-24-11-5-13/h2-3,12-13,15-16H,1,4-11H2. The average Bonchev–Trinajstić information content (AvgIpc) is 2.89. The predicted octanol–water partition coefficient (Wildman–Crippen LogP) is 2.48. The van der Waals surface area contributed by atoms with Crippen LogP contribution in [0, 0.1) is 5.92 Å². The maximum absolute atomic E-state index is 12.8. The lowest BCUT2D eigenvalue weighted by molar-refractivity contribution is -0.138. The highest BCUT2D eigenvalue weighted by Gasteiger charge is 2.33. The summed E-state index contributed by atoms with van der Waals surface area (Å²) in [5, 5.41) is 2.24. The fraction of sp³-hybridized carbons (Fsp3) is 0.667. The lowest BCUT2D eigenvalue weighted by Crippen LogP contribution is -2.41. The molecule has 4 rings (SSSR count). The van der Waals surface area contributed by atoms with Crippen molar-refractivity contribution in [3.8, 4) is 0 Å². The Morgan fingerprint density at radius 3 is 2.92 bits per heavy atom. The van der Waals surface area contributed by atoms with Crippen LogP contribution in [0.25, 0.3) is 0 Å². The van der Waals surface area contributed by atoms with Crippen molar-refractivity contribution in [2.24, 2.45) is 10.9 Å². The van der Waals surface area contributed by atoms with Gasteiger partial charge in [-0.15, -0.1) is 0 Å². The number of amides is 1. The van der Waals surface area contributed by atoms with Gasteiger partial charge in [0.25, 0.3) is 0 Å². The van der Waals surface area contributed by atoms with Gasteiger partial charge in [-0.25, -0.2) is 0 Å². The number of nitrogens with zero attached hydrogens (tertiary/aromatic N) is 3. The summed E-state index contributed by atoms with van der Waals surface area (Å²) in [7, 11) is 0. The number of carbonyl (C=O) groups is 1. The summed E-state index contributed by atoms with van der Waals surface area (Å²) < 4.78 is 5.38. The van der Waals surface area contributed by atoms with E-state index in [9.17, 15) is 4.79 Å². The van der Waals surface area contributed by atoms with E-state index < -0.39 is 0 Å². The van der Waals surface area contributed by atoms with E-state index in [1.165, 1.54) is 0 Å². The third-order valence-corrected chi connectivity index (χ3v) is 6.80. The Bertz CT molecular complexity index is 615. The van der Waals surface area contributed by atoms with Gasteiger partial charge in [0.1, 0.15) is 0 Å². The van der Waals surface area contributed by atoms with Gasteiger partial charge in [-0.2, -0.15) is 0 Å². The van der Waals surface area contributed by atoms with E-state index in [-0.39, 0.29) is 12.0 Å². The molecule has 1 amide bonds. The minimum absolute atomic E-state index is 0.152. The van der Waals surface area contributed by atoms with E-state index in [2.05, 4.69) is 15.9 Å². The van der Waals surface area contributed by atoms with Crippen molar-refractivity contribution in [3.63, 3.8) is 0 Å². The first-order valence-corrected chi connectivity index (χ1v) is 10.4. The summed E-state index contributed by atoms with van der Waals surface area (Å²) >= 11 is 7.92. The van der Waals surface area contributed by atoms with Crippen LogP contribution in [0.1, 0.15) is 19.3 Å². The van der Waals surface area contributed by atoms with Gasteiger partial charge in [-0.3, -0.25) is 9.79 Å². The van der Waals surface area contributed by atoms with Crippen molar-refractivity contribution in [2.75, 3.05) is 39.4 Å². The second-order valence-electron chi connectivity index (χ2n) is 6.95. The molecule has 0 N–H and O–H groups in total. The van der Waals surface area contributed by atoms with E-state index in [4.69, 9.17) is 21.3 Å². The first-order chi connectivity index (χ1) is 12.2. The highest BCUT2D eigenvalue weighted by atomic mass is 35.5. The fourth-order valence-corrected chi connectivity index (χ4v) is 5.20. The third kappa shape index (κ3) is 3.91. The predicted molar refractivity (Wildman–Crippen MR) is 102 cm³/mol. The zero-order valence-electron chi connectivity index (χ0n) is 14.3. The highest BCUT2D eigenvalue weighted by Crippen LogP contribution is 2.34. The smallest absolute Gasteiger partial charge is 0.225 e. The summed E-state index contributed by atoms with van der Waals surface area (Å²) in [6.07, 6.45) is 8.87. The molecule has 3 aliphatic heterocycles. The second-order valence-corrected chi connectivity index (χ2v) is 8.53. The number of carbonyl (C=O) groups excluding carboxylic acids is 1. The van der Waals surface area contributed by atoms with E-state index in [0.717, 1.165) is 68.9 Å². The number of allylic oxidation sites excluding steroid dienone is 2. The molecule has 0 aromatic heterocycles. The largest absolute Gasteiger partial charge is 0.381 e. The topological polar surface area (TPSA) is 45.1 Å². The number of rotatable bonds is 1. The summed E-state index contributed by atoms with van der Waals surface area (Å²) in [5.74, 6) is 0.469. The molecule has 25 heavy (non-hydrogen) atoms. The summed E-state index contributed by atoms with van der Waals surface area (Å²) in [5.41, 5.74) is 0. The molecule has 0 aromatic rings. The number of ether oxygens (including phenoxy) is 1. The minimum atomic E-state index is 0.152. The molecule has 0 aromatic carbocycles. The average molecular weight is 382 g/mol. The van der Waals surface area contributed by atoms with Crippen molar-refractivity contribution < 1.29 is 9.53 Å². The lowest BCUT2D eigenvalue weighted by Gasteiger charge is -2.28. The quantitative estimate of drug-likeness (QED) is 0.700. The second kappa shape index (κ2) is 7.72. The van der Waals surface area contributed by atoms with Gasteiger partial charge in [0.2, 0.25) is 5.91 Å². The van der Waals surface area contributed by atoms with E-state index in [0.29, 0.717) is 11.2 Å². The molecular weight excluding hydrogens is 358 g/mol. The van der Waals surface area contributed by atoms with Crippen LogP contribution in [-0.2, 0) is 9.53 Å². The van der Waals surface area contributed by atoms with E-state index >= 15 is 0 Å². The van der Waals surface area contributed by atoms with E-state index in [1.54, 1.807) is 0 Å². The van der Waals surface area contributed by atoms with Crippen molar-refractivity contribution in [3.05, 3.63) is 23.3 Å². The molecule has 0 radical (unpaired) electrons. The van der Waals surface area contributed by atoms with Crippen molar-refractivity contribution in [1.82, 2.24) is 9.80 Å². The van der Waals surface area contributed by atoms with Crippen LogP contribution in [-0.4, -0.2) is 71.6 Å². The molecule has 2 fully saturated rings. The molecule has 0 bridgehead atoms. The summed E-state index contributed by atoms with van der Waals surface area (Å²) in [6.45, 7) is 4.90. The van der Waals surface area contributed by atoms with E-state index in [1.807, 2.05) is 23.9 Å². The third-order valence-electron chi connectivity index (χ3n) is 5.26. The van der Waals surface area contributed by atoms with Crippen LogP contribution in [0.5, 0.6) is 0 Å². The molecule has 7 heteroatoms. The van der Waals surface area contributed by atoms with Crippen LogP contribution in [0.2, 0.25) is 0 Å². The van der Waals surface area contributed by atoms with Gasteiger partial charge in [-0.1, -0.05) is 29.4 Å². The van der Waals surface area contributed by atoms with Gasteiger partial charge in [0.15, 0.2) is 5.17 Å². The van der Waals surface area contributed by atoms with Crippen LogP contribution < -0.4 is 0 Å². The molecular formula is C18H24ClN3O2S. The number of halogens is 1. The van der Waals surface area contributed by atoms with Gasteiger partial charge in [0.05, 0.1) is 11.3 Å². The minimum Gasteiger partial charge on any atom is -0.381 e. The Balaban J connectivity index is 1.36. The van der Waals surface area contributed by atoms with Gasteiger partial charge < -0.3 is 14.5 Å². The fourth-order valence-electron chi connectivity index (χ4n) is 3.80. The normalized spacial score (nSPS) is 30.6. The zero-order valence-corrected chi connectivity index (χ0v) is 15.8. The Labute approximate surface area is 158 Å². The Hall–Kier alpha value is -0.980. The Kier molecular flexibility index (Phi) is 5.39. The van der Waals surface area contributed by atoms with Gasteiger partial charge in [0, 0.05) is 50.3 Å². The number of hydrogen-bond donors (Lipinski definition) is 0. The van der Waals surface area contributed by atoms with Crippen molar-refractivity contribution in [1.29, 1.82) is 0 Å². The molecule has 0 spiro atoms. The molecule has 5 nitrogen and oxygen atoms in total. The SMILES string of the molecule is O=C(C1CCOCC1)N1CCCN(C2=NC3C=C(Cl)C=CC3S2)CC1. The van der Waals surface area contributed by atoms with Crippen LogP contribution in [0.15, 0.2) is 28.3 Å². The number of fused-ring (bicyclic) bond motifs is 1. The molecule has 1 aliphatic carbocycles. The maximum Gasteiger partial charge on any atom is 0.225 e. The Morgan fingerprint density at radius 2 is 2.08 bits per heavy atom. The van der Waals surface area contributed by atoms with Crippen LogP contribution >= 0.6 is 23.4 Å². The highest BCUT2D eigenvalue weighted by molar-refractivity contribution is 8.14. The molecule has 136 valence electrons. The first-order valence-electron chi connectivity index (χ1n) is 9.12. The van der Waals surface area contributed by atoms with Crippen molar-refractivity contribution in [2.45, 2.75) is 30.6 Å². The maximum atomic E-state index is 12.8. The van der Waals surface area contributed by atoms with Gasteiger partial charge in [-0.05, 0) is 31.4 Å². The molecule has 2 saturated heterocycles. The monoisotopic (exact) mass is 381 g/mol. The molecule has 3 heterocycles. The molecule has 0 saturated carbocycles. The zero-order chi connectivity index (χ0) is 17.2. The Morgan fingerprint density at radius 1 is 1.24 bits per heavy atom. The van der Waals surface area contributed by atoms with Crippen LogP contribution in [0.4, 0.5) is 0 Å². The first kappa shape index (κ1) is 17.4. The molecule has 4 aliphatic rings. The van der Waals surface area contributed by atoms with Gasteiger partial charge >= 0.3 is 0 Å². The number of hydrogen-bond acceptors (Lipinski definition) is 5. The van der Waals surface area contributed by atoms with Crippen LogP contribution in [0.3, 0.4) is 0 Å². The summed E-state index contributed by atoms with van der Waals surface area (Å²) in [6, 6.07) is 0.153. The summed E-state index contributed by atoms with van der Waals surface area (Å²) in [4.78, 5) is 22.0. The van der Waals surface area contributed by atoms with Crippen molar-refractivity contribution >= 4 is 34.4 Å².